The molecule has 0 amide bonds. The maximum atomic E-state index is 11.4. The number of esters is 1. The molecule has 0 radical (unpaired) electrons. The Labute approximate surface area is 120 Å². The smallest absolute Gasteiger partial charge is 0.330 e. The van der Waals surface area contributed by atoms with E-state index in [9.17, 15) is 4.79 Å². The number of rotatable bonds is 5. The summed E-state index contributed by atoms with van der Waals surface area (Å²) in [4.78, 5) is 13.5. The summed E-state index contributed by atoms with van der Waals surface area (Å²) in [5.74, 6) is 0.285. The summed E-state index contributed by atoms with van der Waals surface area (Å²) in [6.07, 6.45) is 4.52. The second-order valence-corrected chi connectivity index (χ2v) is 5.11. The van der Waals surface area contributed by atoms with E-state index in [1.807, 2.05) is 7.05 Å². The predicted octanol–water partition coefficient (Wildman–Crippen LogP) is 2.99. The highest BCUT2D eigenvalue weighted by molar-refractivity contribution is 5.86. The van der Waals surface area contributed by atoms with Crippen molar-refractivity contribution in [2.45, 2.75) is 26.3 Å². The Bertz CT molecular complexity index is 393. The lowest BCUT2D eigenvalue weighted by Crippen LogP contribution is -2.40. The number of carbonyl (C=O) groups is 1. The second-order valence-electron chi connectivity index (χ2n) is 5.11. The first kappa shape index (κ1) is 17.7. The molecule has 0 saturated heterocycles. The molecule has 0 saturated carbocycles. The molecule has 0 aromatic carbocycles. The molecule has 19 heavy (non-hydrogen) atoms. The van der Waals surface area contributed by atoms with E-state index in [4.69, 9.17) is 9.15 Å². The lowest BCUT2D eigenvalue weighted by atomic mass is 10.1. The van der Waals surface area contributed by atoms with Crippen molar-refractivity contribution in [1.82, 2.24) is 4.90 Å². The second kappa shape index (κ2) is 8.02. The average Bonchev–Trinajstić information content (AvgIpc) is 2.77. The number of likely N-dealkylation sites (N-methyl/N-ethyl adjacent to an activating group) is 1. The molecule has 108 valence electrons. The highest BCUT2D eigenvalue weighted by atomic mass is 35.5. The van der Waals surface area contributed by atoms with Crippen LogP contribution in [0.2, 0.25) is 0 Å². The fourth-order valence-corrected chi connectivity index (χ4v) is 1.20. The van der Waals surface area contributed by atoms with Crippen molar-refractivity contribution in [3.63, 3.8) is 0 Å². The van der Waals surface area contributed by atoms with Crippen LogP contribution >= 0.6 is 12.4 Å². The van der Waals surface area contributed by atoms with E-state index >= 15 is 0 Å². The normalized spacial score (nSPS) is 11.6. The molecule has 0 aliphatic carbocycles. The Morgan fingerprint density at radius 3 is 2.68 bits per heavy atom. The van der Waals surface area contributed by atoms with Crippen LogP contribution in [0.15, 0.2) is 28.9 Å². The minimum absolute atomic E-state index is 0. The molecule has 0 bridgehead atoms. The van der Waals surface area contributed by atoms with Crippen LogP contribution in [0.3, 0.4) is 0 Å². The van der Waals surface area contributed by atoms with Crippen molar-refractivity contribution in [1.29, 1.82) is 0 Å². The number of carbonyl (C=O) groups excluding carboxylic acids is 1. The van der Waals surface area contributed by atoms with Gasteiger partial charge in [0.2, 0.25) is 0 Å². The Morgan fingerprint density at radius 2 is 2.16 bits per heavy atom. The lowest BCUT2D eigenvalue weighted by Gasteiger charge is -2.31. The van der Waals surface area contributed by atoms with Crippen LogP contribution in [0.5, 0.6) is 0 Å². The average molecular weight is 288 g/mol. The summed E-state index contributed by atoms with van der Waals surface area (Å²) in [5.41, 5.74) is 0.0798. The number of hydrogen-bond acceptors (Lipinski definition) is 4. The molecule has 0 unspecified atom stereocenters. The summed E-state index contributed by atoms with van der Waals surface area (Å²) >= 11 is 0. The van der Waals surface area contributed by atoms with Gasteiger partial charge in [0.1, 0.15) is 12.4 Å². The Hall–Kier alpha value is -1.26. The monoisotopic (exact) mass is 287 g/mol. The van der Waals surface area contributed by atoms with Gasteiger partial charge in [-0.1, -0.05) is 0 Å². The van der Waals surface area contributed by atoms with Gasteiger partial charge in [0.25, 0.3) is 0 Å². The number of nitrogens with zero attached hydrogens (tertiary/aromatic N) is 1. The molecule has 1 heterocycles. The van der Waals surface area contributed by atoms with Gasteiger partial charge in [0, 0.05) is 18.2 Å². The fourth-order valence-electron chi connectivity index (χ4n) is 1.20. The van der Waals surface area contributed by atoms with Crippen LogP contribution in [0.25, 0.3) is 6.08 Å². The topological polar surface area (TPSA) is 42.7 Å². The summed E-state index contributed by atoms with van der Waals surface area (Å²) < 4.78 is 10.2. The first-order valence-corrected chi connectivity index (χ1v) is 5.99. The van der Waals surface area contributed by atoms with Gasteiger partial charge < -0.3 is 9.15 Å². The molecule has 1 aromatic rings. The Morgan fingerprint density at radius 1 is 1.47 bits per heavy atom. The van der Waals surface area contributed by atoms with Gasteiger partial charge in [-0.3, -0.25) is 4.90 Å². The standard InChI is InChI=1S/C14H21NO3.ClH/c1-14(2,3)15(4)9-11-18-13(16)8-7-12-6-5-10-17-12;/h5-8,10H,9,11H2,1-4H3;1H. The van der Waals surface area contributed by atoms with Gasteiger partial charge in [0.05, 0.1) is 6.26 Å². The van der Waals surface area contributed by atoms with Gasteiger partial charge in [0.15, 0.2) is 0 Å². The van der Waals surface area contributed by atoms with E-state index in [0.29, 0.717) is 18.9 Å². The van der Waals surface area contributed by atoms with Crippen LogP contribution < -0.4 is 0 Å². The van der Waals surface area contributed by atoms with Crippen LogP contribution in [-0.2, 0) is 9.53 Å². The number of furan rings is 1. The van der Waals surface area contributed by atoms with Gasteiger partial charge in [-0.25, -0.2) is 4.79 Å². The molecular weight excluding hydrogens is 266 g/mol. The zero-order valence-electron chi connectivity index (χ0n) is 11.9. The fraction of sp³-hybridized carbons (Fsp3) is 0.500. The van der Waals surface area contributed by atoms with Crippen LogP contribution in [-0.4, -0.2) is 36.6 Å². The van der Waals surface area contributed by atoms with Gasteiger partial charge >= 0.3 is 5.97 Å². The van der Waals surface area contributed by atoms with E-state index in [1.54, 1.807) is 24.5 Å². The Kier molecular flexibility index (Phi) is 7.49. The van der Waals surface area contributed by atoms with E-state index in [-0.39, 0.29) is 23.9 Å². The molecular formula is C14H22ClNO3. The van der Waals surface area contributed by atoms with Crippen LogP contribution in [0.1, 0.15) is 26.5 Å². The van der Waals surface area contributed by atoms with Crippen molar-refractivity contribution in [3.8, 4) is 0 Å². The molecule has 0 spiro atoms. The highest BCUT2D eigenvalue weighted by Crippen LogP contribution is 2.09. The summed E-state index contributed by atoms with van der Waals surface area (Å²) in [6.45, 7) is 7.45. The SMILES string of the molecule is CN(CCOC(=O)C=Cc1ccco1)C(C)(C)C.Cl. The summed E-state index contributed by atoms with van der Waals surface area (Å²) in [6, 6.07) is 3.54. The molecule has 5 heteroatoms. The Balaban J connectivity index is 0.00000324. The van der Waals surface area contributed by atoms with Gasteiger partial charge in [-0.05, 0) is 46.0 Å². The third-order valence-electron chi connectivity index (χ3n) is 2.74. The predicted molar refractivity (Wildman–Crippen MR) is 78.3 cm³/mol. The van der Waals surface area contributed by atoms with E-state index < -0.39 is 0 Å². The minimum Gasteiger partial charge on any atom is -0.465 e. The maximum Gasteiger partial charge on any atom is 0.330 e. The largest absolute Gasteiger partial charge is 0.465 e. The van der Waals surface area contributed by atoms with Crippen molar-refractivity contribution in [2.24, 2.45) is 0 Å². The van der Waals surface area contributed by atoms with Gasteiger partial charge in [-0.15, -0.1) is 12.4 Å². The van der Waals surface area contributed by atoms with E-state index in [2.05, 4.69) is 25.7 Å². The zero-order valence-corrected chi connectivity index (χ0v) is 12.7. The number of ether oxygens (including phenoxy) is 1. The van der Waals surface area contributed by atoms with Crippen molar-refractivity contribution < 1.29 is 13.9 Å². The first-order chi connectivity index (χ1) is 8.39. The highest BCUT2D eigenvalue weighted by Gasteiger charge is 2.16. The quantitative estimate of drug-likeness (QED) is 0.617. The number of hydrogen-bond donors (Lipinski definition) is 0. The third kappa shape index (κ3) is 7.03. The molecule has 0 atom stereocenters. The molecule has 4 nitrogen and oxygen atoms in total. The van der Waals surface area contributed by atoms with Gasteiger partial charge in [-0.2, -0.15) is 0 Å². The number of halogens is 1. The van der Waals surface area contributed by atoms with Crippen molar-refractivity contribution >= 4 is 24.5 Å². The summed E-state index contributed by atoms with van der Waals surface area (Å²) in [7, 11) is 2.01. The lowest BCUT2D eigenvalue weighted by molar-refractivity contribution is -0.138. The molecule has 0 fully saturated rings. The van der Waals surface area contributed by atoms with E-state index in [0.717, 1.165) is 0 Å². The van der Waals surface area contributed by atoms with E-state index in [1.165, 1.54) is 6.08 Å². The van der Waals surface area contributed by atoms with Crippen molar-refractivity contribution in [2.75, 3.05) is 20.2 Å². The zero-order chi connectivity index (χ0) is 13.6. The molecule has 0 N–H and O–H groups in total. The molecule has 0 aliphatic rings. The molecule has 0 aliphatic heterocycles. The molecule has 1 aromatic heterocycles. The minimum atomic E-state index is -0.353. The van der Waals surface area contributed by atoms with Crippen LogP contribution in [0, 0.1) is 0 Å². The summed E-state index contributed by atoms with van der Waals surface area (Å²) in [5, 5.41) is 0. The molecule has 1 rings (SSSR count). The maximum absolute atomic E-state index is 11.4. The first-order valence-electron chi connectivity index (χ1n) is 5.99. The van der Waals surface area contributed by atoms with Crippen molar-refractivity contribution in [3.05, 3.63) is 30.2 Å². The third-order valence-corrected chi connectivity index (χ3v) is 2.74. The van der Waals surface area contributed by atoms with Crippen LogP contribution in [0.4, 0.5) is 0 Å².